The number of benzene rings is 2. The number of carbonyl (C=O) groups excluding carboxylic acids is 2. The van der Waals surface area contributed by atoms with Crippen molar-refractivity contribution in [3.63, 3.8) is 0 Å². The van der Waals surface area contributed by atoms with Crippen LogP contribution in [0.3, 0.4) is 0 Å². The number of anilines is 1. The molecule has 198 valence electrons. The van der Waals surface area contributed by atoms with Gasteiger partial charge in [-0.15, -0.1) is 0 Å². The molecule has 0 radical (unpaired) electrons. The van der Waals surface area contributed by atoms with Crippen LogP contribution < -0.4 is 9.64 Å². The van der Waals surface area contributed by atoms with Gasteiger partial charge in [0.2, 0.25) is 5.91 Å². The van der Waals surface area contributed by atoms with E-state index in [0.717, 1.165) is 28.2 Å². The van der Waals surface area contributed by atoms with Crippen molar-refractivity contribution < 1.29 is 23.5 Å². The lowest BCUT2D eigenvalue weighted by Gasteiger charge is -2.36. The summed E-state index contributed by atoms with van der Waals surface area (Å²) in [7, 11) is 1.64. The molecule has 1 saturated heterocycles. The molecule has 1 aliphatic heterocycles. The number of rotatable bonds is 7. The first-order valence-corrected chi connectivity index (χ1v) is 12.7. The number of carbonyl (C=O) groups is 2. The Morgan fingerprint density at radius 2 is 1.55 bits per heavy atom. The first-order chi connectivity index (χ1) is 18.3. The molecule has 0 bridgehead atoms. The fraction of sp³-hybridized carbons (Fsp3) is 0.310. The van der Waals surface area contributed by atoms with E-state index in [-0.39, 0.29) is 24.4 Å². The number of halogens is 1. The first-order valence-electron chi connectivity index (χ1n) is 12.7. The normalized spacial score (nSPS) is 13.8. The second-order valence-electron chi connectivity index (χ2n) is 9.57. The summed E-state index contributed by atoms with van der Waals surface area (Å²) in [6.07, 6.45) is 1.55. The SMILES string of the molecule is COc1ccc(N2CCN(C(=O)Cn3c(C(=O)OC(C)C)cc4c3ccn4-c3ccc(F)cc3)CC2)cc1. The maximum atomic E-state index is 13.5. The van der Waals surface area contributed by atoms with Crippen molar-refractivity contribution in [1.29, 1.82) is 0 Å². The molecule has 0 unspecified atom stereocenters. The lowest BCUT2D eigenvalue weighted by atomic mass is 10.2. The molecule has 4 aromatic rings. The van der Waals surface area contributed by atoms with Gasteiger partial charge in [-0.05, 0) is 74.5 Å². The van der Waals surface area contributed by atoms with Gasteiger partial charge in [-0.2, -0.15) is 0 Å². The summed E-state index contributed by atoms with van der Waals surface area (Å²) in [5.74, 6) is -0.0711. The molecule has 1 fully saturated rings. The Balaban J connectivity index is 1.37. The standard InChI is InChI=1S/C29H31FN4O4/c1-20(2)38-29(36)27-18-26-25(12-13-33(26)23-6-4-21(30)5-7-23)34(27)19-28(35)32-16-14-31(15-17-32)22-8-10-24(37-3)11-9-22/h4-13,18,20H,14-17,19H2,1-3H3. The van der Waals surface area contributed by atoms with Gasteiger partial charge in [-0.25, -0.2) is 9.18 Å². The molecular weight excluding hydrogens is 487 g/mol. The summed E-state index contributed by atoms with van der Waals surface area (Å²) in [5.41, 5.74) is 3.62. The van der Waals surface area contributed by atoms with Crippen molar-refractivity contribution in [2.24, 2.45) is 0 Å². The summed E-state index contributed by atoms with van der Waals surface area (Å²) < 4.78 is 27.8. The highest BCUT2D eigenvalue weighted by Crippen LogP contribution is 2.26. The highest BCUT2D eigenvalue weighted by molar-refractivity contribution is 5.96. The lowest BCUT2D eigenvalue weighted by Crippen LogP contribution is -2.49. The maximum Gasteiger partial charge on any atom is 0.355 e. The fourth-order valence-corrected chi connectivity index (χ4v) is 4.83. The number of piperazine rings is 1. The van der Waals surface area contributed by atoms with Gasteiger partial charge in [0.25, 0.3) is 0 Å². The number of nitrogens with zero attached hydrogens (tertiary/aromatic N) is 4. The number of aromatic nitrogens is 2. The Morgan fingerprint density at radius 3 is 2.18 bits per heavy atom. The predicted molar refractivity (Wildman–Crippen MR) is 144 cm³/mol. The molecule has 9 heteroatoms. The van der Waals surface area contributed by atoms with Crippen LogP contribution in [0.2, 0.25) is 0 Å². The summed E-state index contributed by atoms with van der Waals surface area (Å²) in [5, 5.41) is 0. The molecule has 1 aliphatic rings. The highest BCUT2D eigenvalue weighted by atomic mass is 19.1. The smallest absolute Gasteiger partial charge is 0.355 e. The topological polar surface area (TPSA) is 68.9 Å². The molecule has 0 N–H and O–H groups in total. The molecule has 0 saturated carbocycles. The minimum Gasteiger partial charge on any atom is -0.497 e. The summed E-state index contributed by atoms with van der Waals surface area (Å²) >= 11 is 0. The number of methoxy groups -OCH3 is 1. The quantitative estimate of drug-likeness (QED) is 0.337. The van der Waals surface area contributed by atoms with E-state index < -0.39 is 5.97 Å². The molecule has 3 heterocycles. The zero-order valence-electron chi connectivity index (χ0n) is 21.8. The van der Waals surface area contributed by atoms with E-state index in [1.165, 1.54) is 12.1 Å². The van der Waals surface area contributed by atoms with Gasteiger partial charge >= 0.3 is 5.97 Å². The van der Waals surface area contributed by atoms with Gasteiger partial charge in [0.1, 0.15) is 23.8 Å². The van der Waals surface area contributed by atoms with E-state index in [0.29, 0.717) is 31.9 Å². The molecule has 0 spiro atoms. The summed E-state index contributed by atoms with van der Waals surface area (Å²) in [6, 6.07) is 17.6. The third-order valence-electron chi connectivity index (χ3n) is 6.78. The Morgan fingerprint density at radius 1 is 0.895 bits per heavy atom. The Kier molecular flexibility index (Phi) is 7.09. The molecule has 38 heavy (non-hydrogen) atoms. The average molecular weight is 519 g/mol. The van der Waals surface area contributed by atoms with Gasteiger partial charge in [0, 0.05) is 43.8 Å². The molecular formula is C29H31FN4O4. The zero-order valence-corrected chi connectivity index (χ0v) is 21.8. The Bertz CT molecular complexity index is 1430. The number of ether oxygens (including phenoxy) is 2. The average Bonchev–Trinajstić information content (AvgIpc) is 3.49. The third-order valence-corrected chi connectivity index (χ3v) is 6.78. The van der Waals surface area contributed by atoms with Crippen LogP contribution in [-0.4, -0.2) is 65.3 Å². The third kappa shape index (κ3) is 5.09. The fourth-order valence-electron chi connectivity index (χ4n) is 4.83. The largest absolute Gasteiger partial charge is 0.497 e. The van der Waals surface area contributed by atoms with E-state index in [9.17, 15) is 14.0 Å². The van der Waals surface area contributed by atoms with Crippen LogP contribution in [0.15, 0.2) is 66.9 Å². The summed E-state index contributed by atoms with van der Waals surface area (Å²) in [4.78, 5) is 30.5. The zero-order chi connectivity index (χ0) is 26.8. The van der Waals surface area contributed by atoms with Gasteiger partial charge in [-0.1, -0.05) is 0 Å². The van der Waals surface area contributed by atoms with Crippen molar-refractivity contribution in [1.82, 2.24) is 14.0 Å². The number of esters is 1. The second-order valence-corrected chi connectivity index (χ2v) is 9.57. The van der Waals surface area contributed by atoms with Crippen LogP contribution in [0.4, 0.5) is 10.1 Å². The van der Waals surface area contributed by atoms with Gasteiger partial charge in [0.05, 0.1) is 24.2 Å². The molecule has 0 aliphatic carbocycles. The minimum atomic E-state index is -0.487. The van der Waals surface area contributed by atoms with Gasteiger partial charge in [0.15, 0.2) is 0 Å². The first kappa shape index (κ1) is 25.4. The van der Waals surface area contributed by atoms with Crippen molar-refractivity contribution >= 4 is 28.6 Å². The Hall–Kier alpha value is -4.27. The Labute approximate surface area is 220 Å². The van der Waals surface area contributed by atoms with Crippen LogP contribution in [0, 0.1) is 5.82 Å². The van der Waals surface area contributed by atoms with Crippen molar-refractivity contribution in [3.8, 4) is 11.4 Å². The molecule has 2 aromatic heterocycles. The molecule has 5 rings (SSSR count). The maximum absolute atomic E-state index is 13.5. The van der Waals surface area contributed by atoms with Crippen molar-refractivity contribution in [3.05, 3.63) is 78.4 Å². The molecule has 8 nitrogen and oxygen atoms in total. The number of fused-ring (bicyclic) bond motifs is 1. The predicted octanol–water partition coefficient (Wildman–Crippen LogP) is 4.49. The summed E-state index contributed by atoms with van der Waals surface area (Å²) in [6.45, 7) is 6.18. The van der Waals surface area contributed by atoms with E-state index in [4.69, 9.17) is 9.47 Å². The molecule has 0 atom stereocenters. The lowest BCUT2D eigenvalue weighted by molar-refractivity contribution is -0.132. The monoisotopic (exact) mass is 518 g/mol. The van der Waals surface area contributed by atoms with Crippen LogP contribution in [0.25, 0.3) is 16.7 Å². The number of hydrogen-bond donors (Lipinski definition) is 0. The second kappa shape index (κ2) is 10.6. The van der Waals surface area contributed by atoms with Crippen LogP contribution in [-0.2, 0) is 16.1 Å². The van der Waals surface area contributed by atoms with Crippen LogP contribution >= 0.6 is 0 Å². The van der Waals surface area contributed by atoms with E-state index in [1.54, 1.807) is 43.7 Å². The van der Waals surface area contributed by atoms with E-state index in [1.807, 2.05) is 46.0 Å². The number of amides is 1. The van der Waals surface area contributed by atoms with Crippen molar-refractivity contribution in [2.75, 3.05) is 38.2 Å². The molecule has 2 aromatic carbocycles. The molecule has 1 amide bonds. The number of hydrogen-bond acceptors (Lipinski definition) is 5. The van der Waals surface area contributed by atoms with E-state index >= 15 is 0 Å². The highest BCUT2D eigenvalue weighted by Gasteiger charge is 2.26. The minimum absolute atomic E-state index is 0.0159. The van der Waals surface area contributed by atoms with Crippen LogP contribution in [0.5, 0.6) is 5.75 Å². The van der Waals surface area contributed by atoms with Gasteiger partial charge in [-0.3, -0.25) is 4.79 Å². The van der Waals surface area contributed by atoms with Gasteiger partial charge < -0.3 is 28.4 Å². The van der Waals surface area contributed by atoms with E-state index in [2.05, 4.69) is 4.90 Å². The van der Waals surface area contributed by atoms with Crippen LogP contribution in [0.1, 0.15) is 24.3 Å². The van der Waals surface area contributed by atoms with Crippen molar-refractivity contribution in [2.45, 2.75) is 26.5 Å².